The molecule has 2 aliphatic carbocycles. The van der Waals surface area contributed by atoms with Crippen LogP contribution in [0.4, 0.5) is 4.79 Å². The summed E-state index contributed by atoms with van der Waals surface area (Å²) >= 11 is 0. The predicted molar refractivity (Wildman–Crippen MR) is 60.4 cm³/mol. The zero-order valence-corrected chi connectivity index (χ0v) is 9.59. The van der Waals surface area contributed by atoms with E-state index in [4.69, 9.17) is 9.84 Å². The van der Waals surface area contributed by atoms with E-state index in [0.29, 0.717) is 6.42 Å². The van der Waals surface area contributed by atoms with Crippen molar-refractivity contribution in [2.45, 2.75) is 25.3 Å². The lowest BCUT2D eigenvalue weighted by molar-refractivity contribution is -0.143. The van der Waals surface area contributed by atoms with Crippen molar-refractivity contribution in [1.29, 1.82) is 0 Å². The Labute approximate surface area is 99.8 Å². The number of carbonyl (C=O) groups excluding carboxylic acids is 1. The second-order valence-electron chi connectivity index (χ2n) is 4.81. The summed E-state index contributed by atoms with van der Waals surface area (Å²) in [4.78, 5) is 22.3. The minimum Gasteiger partial charge on any atom is -0.481 e. The molecule has 0 aromatic carbocycles. The molecule has 4 unspecified atom stereocenters. The quantitative estimate of drug-likeness (QED) is 0.727. The fourth-order valence-corrected chi connectivity index (χ4v) is 3.08. The molecule has 0 saturated heterocycles. The molecule has 4 atom stereocenters. The fourth-order valence-electron chi connectivity index (χ4n) is 3.08. The second-order valence-corrected chi connectivity index (χ2v) is 4.81. The first kappa shape index (κ1) is 12.0. The Balaban J connectivity index is 1.82. The summed E-state index contributed by atoms with van der Waals surface area (Å²) in [5.74, 6) is -0.424. The van der Waals surface area contributed by atoms with Gasteiger partial charge in [-0.1, -0.05) is 12.7 Å². The first-order valence-corrected chi connectivity index (χ1v) is 5.88. The number of amides is 1. The summed E-state index contributed by atoms with van der Waals surface area (Å²) in [5, 5.41) is 11.8. The average Bonchev–Trinajstić information content (AvgIpc) is 2.85. The highest BCUT2D eigenvalue weighted by atomic mass is 16.5. The van der Waals surface area contributed by atoms with E-state index in [0.717, 1.165) is 12.8 Å². The van der Waals surface area contributed by atoms with Gasteiger partial charge in [-0.15, -0.1) is 0 Å². The Bertz CT molecular complexity index is 341. The molecule has 0 spiro atoms. The van der Waals surface area contributed by atoms with Crippen LogP contribution < -0.4 is 5.32 Å². The van der Waals surface area contributed by atoms with Crippen LogP contribution in [0.1, 0.15) is 19.3 Å². The molecule has 2 aliphatic rings. The maximum absolute atomic E-state index is 11.4. The standard InChI is InChI=1S/C12H17NO4/c1-2-3-17-12(16)13-10-6-7-4-8(10)5-9(7)11(14)15/h2,7-10H,1,3-6H2,(H,13,16)(H,14,15). The van der Waals surface area contributed by atoms with E-state index in [1.807, 2.05) is 0 Å². The molecule has 5 heteroatoms. The summed E-state index contributed by atoms with van der Waals surface area (Å²) < 4.78 is 4.85. The van der Waals surface area contributed by atoms with Crippen LogP contribution in [0, 0.1) is 17.8 Å². The Hall–Kier alpha value is -1.52. The number of aliphatic carboxylic acids is 1. The van der Waals surface area contributed by atoms with Crippen molar-refractivity contribution in [3.63, 3.8) is 0 Å². The van der Waals surface area contributed by atoms with Crippen LogP contribution in [-0.4, -0.2) is 29.8 Å². The number of hydrogen-bond donors (Lipinski definition) is 2. The number of nitrogens with one attached hydrogen (secondary N) is 1. The van der Waals surface area contributed by atoms with E-state index in [2.05, 4.69) is 11.9 Å². The molecule has 2 N–H and O–H groups in total. The van der Waals surface area contributed by atoms with Crippen LogP contribution in [0.3, 0.4) is 0 Å². The SMILES string of the molecule is C=CCOC(=O)NC1CC2CC1CC2C(=O)O. The Morgan fingerprint density at radius 2 is 2.12 bits per heavy atom. The van der Waals surface area contributed by atoms with E-state index < -0.39 is 12.1 Å². The van der Waals surface area contributed by atoms with Crippen LogP contribution >= 0.6 is 0 Å². The zero-order chi connectivity index (χ0) is 12.4. The first-order chi connectivity index (χ1) is 8.11. The lowest BCUT2D eigenvalue weighted by atomic mass is 9.86. The molecular formula is C12H17NO4. The number of hydrogen-bond acceptors (Lipinski definition) is 3. The number of rotatable bonds is 4. The van der Waals surface area contributed by atoms with Gasteiger partial charge in [-0.05, 0) is 31.1 Å². The molecule has 94 valence electrons. The molecule has 0 aromatic rings. The van der Waals surface area contributed by atoms with Gasteiger partial charge in [-0.25, -0.2) is 4.79 Å². The largest absolute Gasteiger partial charge is 0.481 e. The van der Waals surface area contributed by atoms with Gasteiger partial charge in [0.05, 0.1) is 5.92 Å². The first-order valence-electron chi connectivity index (χ1n) is 5.88. The topological polar surface area (TPSA) is 75.6 Å². The van der Waals surface area contributed by atoms with E-state index >= 15 is 0 Å². The fraction of sp³-hybridized carbons (Fsp3) is 0.667. The van der Waals surface area contributed by atoms with Crippen molar-refractivity contribution in [1.82, 2.24) is 5.32 Å². The van der Waals surface area contributed by atoms with Crippen molar-refractivity contribution in [2.75, 3.05) is 6.61 Å². The molecule has 0 aliphatic heterocycles. The van der Waals surface area contributed by atoms with E-state index in [-0.39, 0.29) is 30.4 Å². The van der Waals surface area contributed by atoms with Gasteiger partial charge in [0.1, 0.15) is 6.61 Å². The highest BCUT2D eigenvalue weighted by Crippen LogP contribution is 2.48. The molecule has 5 nitrogen and oxygen atoms in total. The van der Waals surface area contributed by atoms with Crippen LogP contribution in [0.15, 0.2) is 12.7 Å². The Morgan fingerprint density at radius 3 is 2.65 bits per heavy atom. The molecule has 1 amide bonds. The van der Waals surface area contributed by atoms with Crippen molar-refractivity contribution in [2.24, 2.45) is 17.8 Å². The monoisotopic (exact) mass is 239 g/mol. The number of carboxylic acids is 1. The molecule has 0 aromatic heterocycles. The van der Waals surface area contributed by atoms with E-state index in [1.54, 1.807) is 0 Å². The van der Waals surface area contributed by atoms with Gasteiger partial charge >= 0.3 is 12.1 Å². The van der Waals surface area contributed by atoms with Crippen molar-refractivity contribution < 1.29 is 19.4 Å². The molecule has 17 heavy (non-hydrogen) atoms. The zero-order valence-electron chi connectivity index (χ0n) is 9.59. The van der Waals surface area contributed by atoms with Crippen molar-refractivity contribution >= 4 is 12.1 Å². The number of alkyl carbamates (subject to hydrolysis) is 1. The predicted octanol–water partition coefficient (Wildman–Crippen LogP) is 1.40. The van der Waals surface area contributed by atoms with Gasteiger partial charge in [-0.2, -0.15) is 0 Å². The third-order valence-electron chi connectivity index (χ3n) is 3.81. The molecule has 2 bridgehead atoms. The lowest BCUT2D eigenvalue weighted by Gasteiger charge is -2.25. The highest BCUT2D eigenvalue weighted by Gasteiger charge is 2.49. The smallest absolute Gasteiger partial charge is 0.407 e. The van der Waals surface area contributed by atoms with Crippen molar-refractivity contribution in [3.8, 4) is 0 Å². The van der Waals surface area contributed by atoms with Crippen LogP contribution in [0.25, 0.3) is 0 Å². The maximum Gasteiger partial charge on any atom is 0.407 e. The van der Waals surface area contributed by atoms with Crippen molar-refractivity contribution in [3.05, 3.63) is 12.7 Å². The van der Waals surface area contributed by atoms with Gasteiger partial charge in [-0.3, -0.25) is 4.79 Å². The van der Waals surface area contributed by atoms with Gasteiger partial charge in [0.25, 0.3) is 0 Å². The van der Waals surface area contributed by atoms with Gasteiger partial charge in [0.15, 0.2) is 0 Å². The third kappa shape index (κ3) is 2.43. The number of carbonyl (C=O) groups is 2. The van der Waals surface area contributed by atoms with Gasteiger partial charge in [0.2, 0.25) is 0 Å². The summed E-state index contributed by atoms with van der Waals surface area (Å²) in [6.45, 7) is 3.66. The average molecular weight is 239 g/mol. The molecule has 0 heterocycles. The second kappa shape index (κ2) is 4.77. The van der Waals surface area contributed by atoms with E-state index in [9.17, 15) is 9.59 Å². The number of fused-ring (bicyclic) bond motifs is 2. The van der Waals surface area contributed by atoms with Gasteiger partial charge < -0.3 is 15.2 Å². The van der Waals surface area contributed by atoms with E-state index in [1.165, 1.54) is 6.08 Å². The number of ether oxygens (including phenoxy) is 1. The minimum absolute atomic E-state index is 0.0768. The van der Waals surface area contributed by atoms with Gasteiger partial charge in [0, 0.05) is 6.04 Å². The summed E-state index contributed by atoms with van der Waals surface area (Å²) in [6.07, 6.45) is 3.41. The van der Waals surface area contributed by atoms with Crippen LogP contribution in [0.5, 0.6) is 0 Å². The lowest BCUT2D eigenvalue weighted by Crippen LogP contribution is -2.41. The maximum atomic E-state index is 11.4. The summed E-state index contributed by atoms with van der Waals surface area (Å²) in [7, 11) is 0. The molecule has 0 radical (unpaired) electrons. The van der Waals surface area contributed by atoms with Crippen LogP contribution in [-0.2, 0) is 9.53 Å². The third-order valence-corrected chi connectivity index (χ3v) is 3.81. The Morgan fingerprint density at radius 1 is 1.35 bits per heavy atom. The Kier molecular flexibility index (Phi) is 3.36. The minimum atomic E-state index is -0.704. The highest BCUT2D eigenvalue weighted by molar-refractivity contribution is 5.71. The molecular weight excluding hydrogens is 222 g/mol. The molecule has 2 saturated carbocycles. The normalized spacial score (nSPS) is 34.4. The summed E-state index contributed by atoms with van der Waals surface area (Å²) in [5.41, 5.74) is 0. The molecule has 2 fully saturated rings. The molecule has 2 rings (SSSR count). The number of carboxylic acid groups (broad SMARTS) is 1. The summed E-state index contributed by atoms with van der Waals surface area (Å²) in [6, 6.07) is 0.0768. The van der Waals surface area contributed by atoms with Crippen LogP contribution in [0.2, 0.25) is 0 Å².